The van der Waals surface area contributed by atoms with Gasteiger partial charge in [-0.15, -0.1) is 11.3 Å². The van der Waals surface area contributed by atoms with Gasteiger partial charge in [0.2, 0.25) is 0 Å². The summed E-state index contributed by atoms with van der Waals surface area (Å²) in [6.45, 7) is 2.06. The summed E-state index contributed by atoms with van der Waals surface area (Å²) >= 11 is 6.89. The van der Waals surface area contributed by atoms with Crippen molar-refractivity contribution in [1.29, 1.82) is 0 Å². The molecule has 0 atom stereocenters. The van der Waals surface area contributed by atoms with Crippen LogP contribution in [0.15, 0.2) is 67.0 Å². The molecule has 4 rings (SSSR count). The molecule has 138 valence electrons. The van der Waals surface area contributed by atoms with Gasteiger partial charge in [0.1, 0.15) is 5.01 Å². The Morgan fingerprint density at radius 1 is 1.11 bits per heavy atom. The highest BCUT2D eigenvalue weighted by Gasteiger charge is 2.09. The van der Waals surface area contributed by atoms with Gasteiger partial charge in [-0.3, -0.25) is 15.1 Å². The molecule has 2 N–H and O–H groups in total. The lowest BCUT2D eigenvalue weighted by molar-refractivity contribution is 0.0977. The van der Waals surface area contributed by atoms with Gasteiger partial charge in [0.05, 0.1) is 15.8 Å². The van der Waals surface area contributed by atoms with Gasteiger partial charge in [-0.1, -0.05) is 6.07 Å². The first-order valence-corrected chi connectivity index (χ1v) is 9.81. The molecule has 0 aliphatic carbocycles. The summed E-state index contributed by atoms with van der Waals surface area (Å²) < 4.78 is 1.17. The molecule has 5 nitrogen and oxygen atoms in total. The Hall–Kier alpha value is -3.16. The maximum atomic E-state index is 12.1. The lowest BCUT2D eigenvalue weighted by Gasteiger charge is -2.09. The Labute approximate surface area is 171 Å². The van der Waals surface area contributed by atoms with Crippen molar-refractivity contribution < 1.29 is 4.79 Å². The van der Waals surface area contributed by atoms with Crippen molar-refractivity contribution in [2.75, 3.05) is 5.32 Å². The van der Waals surface area contributed by atoms with Crippen LogP contribution in [0.4, 0.5) is 5.69 Å². The molecule has 0 unspecified atom stereocenters. The predicted molar refractivity (Wildman–Crippen MR) is 118 cm³/mol. The number of carbonyl (C=O) groups is 1. The molecule has 2 aromatic heterocycles. The Morgan fingerprint density at radius 3 is 2.68 bits per heavy atom. The first-order valence-electron chi connectivity index (χ1n) is 8.58. The van der Waals surface area contributed by atoms with Crippen LogP contribution in [0.5, 0.6) is 0 Å². The van der Waals surface area contributed by atoms with Crippen LogP contribution < -0.4 is 10.6 Å². The zero-order chi connectivity index (χ0) is 19.5. The number of amides is 1. The fourth-order valence-corrected chi connectivity index (χ4v) is 3.85. The van der Waals surface area contributed by atoms with Crippen LogP contribution >= 0.6 is 23.6 Å². The first-order chi connectivity index (χ1) is 13.6. The maximum Gasteiger partial charge on any atom is 0.258 e. The van der Waals surface area contributed by atoms with E-state index in [1.165, 1.54) is 16.5 Å². The number of hydrogen-bond acceptors (Lipinski definition) is 5. The van der Waals surface area contributed by atoms with E-state index in [2.05, 4.69) is 40.7 Å². The standard InChI is InChI=1S/C21H16N4OS2/c1-13-4-9-18-17(11-13)24-20(28-18)14-5-7-16(8-6-14)23-21(27)25-19(26)15-3-2-10-22-12-15/h2-12H,1H3,(H2,23,25,26,27). The van der Waals surface area contributed by atoms with E-state index in [0.29, 0.717) is 5.56 Å². The van der Waals surface area contributed by atoms with Crippen LogP contribution in [0.1, 0.15) is 15.9 Å². The zero-order valence-electron chi connectivity index (χ0n) is 15.0. The predicted octanol–water partition coefficient (Wildman–Crippen LogP) is 4.79. The topological polar surface area (TPSA) is 66.9 Å². The Morgan fingerprint density at radius 2 is 1.93 bits per heavy atom. The van der Waals surface area contributed by atoms with Crippen molar-refractivity contribution >= 4 is 50.5 Å². The smallest absolute Gasteiger partial charge is 0.258 e. The van der Waals surface area contributed by atoms with Crippen molar-refractivity contribution in [1.82, 2.24) is 15.3 Å². The average Bonchev–Trinajstić information content (AvgIpc) is 3.12. The zero-order valence-corrected chi connectivity index (χ0v) is 16.6. The minimum absolute atomic E-state index is 0.233. The van der Waals surface area contributed by atoms with E-state index in [1.807, 2.05) is 24.3 Å². The molecule has 7 heteroatoms. The number of thiazole rings is 1. The number of thiocarbonyl (C=S) groups is 1. The molecule has 0 spiro atoms. The van der Waals surface area contributed by atoms with Crippen LogP contribution in [0.3, 0.4) is 0 Å². The molecule has 2 aromatic carbocycles. The van der Waals surface area contributed by atoms with Crippen LogP contribution in [-0.2, 0) is 0 Å². The van der Waals surface area contributed by atoms with Crippen molar-refractivity contribution in [3.63, 3.8) is 0 Å². The van der Waals surface area contributed by atoms with Gasteiger partial charge in [-0.25, -0.2) is 4.98 Å². The Bertz CT molecular complexity index is 1150. The van der Waals surface area contributed by atoms with Crippen LogP contribution in [0.2, 0.25) is 0 Å². The number of aryl methyl sites for hydroxylation is 1. The van der Waals surface area contributed by atoms with Crippen LogP contribution in [0.25, 0.3) is 20.8 Å². The van der Waals surface area contributed by atoms with Gasteiger partial charge in [-0.05, 0) is 73.2 Å². The molecule has 28 heavy (non-hydrogen) atoms. The molecule has 0 aliphatic rings. The molecular weight excluding hydrogens is 388 g/mol. The van der Waals surface area contributed by atoms with Gasteiger partial charge in [0.25, 0.3) is 5.91 Å². The van der Waals surface area contributed by atoms with E-state index in [1.54, 1.807) is 29.7 Å². The Balaban J connectivity index is 1.44. The summed E-state index contributed by atoms with van der Waals surface area (Å²) in [4.78, 5) is 20.8. The summed E-state index contributed by atoms with van der Waals surface area (Å²) in [5, 5.41) is 6.87. The van der Waals surface area contributed by atoms with E-state index in [0.717, 1.165) is 21.8 Å². The van der Waals surface area contributed by atoms with E-state index >= 15 is 0 Å². The van der Waals surface area contributed by atoms with Gasteiger partial charge < -0.3 is 5.32 Å². The fraction of sp³-hybridized carbons (Fsp3) is 0.0476. The number of carbonyl (C=O) groups excluding carboxylic acids is 1. The number of pyridine rings is 1. The largest absolute Gasteiger partial charge is 0.332 e. The van der Waals surface area contributed by atoms with Crippen LogP contribution in [-0.4, -0.2) is 21.0 Å². The quantitative estimate of drug-likeness (QED) is 0.481. The molecule has 0 bridgehead atoms. The summed E-state index contributed by atoms with van der Waals surface area (Å²) in [5.74, 6) is -0.299. The van der Waals surface area contributed by atoms with Crippen molar-refractivity contribution in [2.45, 2.75) is 6.92 Å². The molecule has 0 fully saturated rings. The number of rotatable bonds is 3. The van der Waals surface area contributed by atoms with Gasteiger partial charge in [-0.2, -0.15) is 0 Å². The second-order valence-electron chi connectivity index (χ2n) is 6.22. The molecule has 0 saturated carbocycles. The molecule has 0 radical (unpaired) electrons. The molecular formula is C21H16N4OS2. The number of nitrogens with one attached hydrogen (secondary N) is 2. The third-order valence-electron chi connectivity index (χ3n) is 4.08. The summed E-state index contributed by atoms with van der Waals surface area (Å²) in [6, 6.07) is 17.5. The molecule has 1 amide bonds. The fourth-order valence-electron chi connectivity index (χ4n) is 2.69. The monoisotopic (exact) mass is 404 g/mol. The van der Waals surface area contributed by atoms with Gasteiger partial charge in [0.15, 0.2) is 5.11 Å². The summed E-state index contributed by atoms with van der Waals surface area (Å²) in [6.07, 6.45) is 3.10. The Kier molecular flexibility index (Phi) is 5.10. The van der Waals surface area contributed by atoms with Gasteiger partial charge in [0, 0.05) is 23.6 Å². The normalized spacial score (nSPS) is 10.6. The highest BCUT2D eigenvalue weighted by molar-refractivity contribution is 7.80. The first kappa shape index (κ1) is 18.2. The number of hydrogen-bond donors (Lipinski definition) is 2. The highest BCUT2D eigenvalue weighted by atomic mass is 32.1. The lowest BCUT2D eigenvalue weighted by Crippen LogP contribution is -2.34. The number of aromatic nitrogens is 2. The molecule has 0 aliphatic heterocycles. The lowest BCUT2D eigenvalue weighted by atomic mass is 10.2. The second kappa shape index (κ2) is 7.84. The molecule has 0 saturated heterocycles. The number of anilines is 1. The number of benzene rings is 2. The van der Waals surface area contributed by atoms with E-state index in [9.17, 15) is 4.79 Å². The van der Waals surface area contributed by atoms with Crippen LogP contribution in [0, 0.1) is 6.92 Å². The van der Waals surface area contributed by atoms with E-state index in [4.69, 9.17) is 17.2 Å². The number of nitrogens with zero attached hydrogens (tertiary/aromatic N) is 2. The number of fused-ring (bicyclic) bond motifs is 1. The molecule has 2 heterocycles. The van der Waals surface area contributed by atoms with Crippen molar-refractivity contribution in [2.24, 2.45) is 0 Å². The second-order valence-corrected chi connectivity index (χ2v) is 7.66. The van der Waals surface area contributed by atoms with E-state index in [-0.39, 0.29) is 11.0 Å². The van der Waals surface area contributed by atoms with Crippen molar-refractivity contribution in [3.05, 3.63) is 78.1 Å². The maximum absolute atomic E-state index is 12.1. The highest BCUT2D eigenvalue weighted by Crippen LogP contribution is 2.31. The minimum Gasteiger partial charge on any atom is -0.332 e. The van der Waals surface area contributed by atoms with Gasteiger partial charge >= 0.3 is 0 Å². The van der Waals surface area contributed by atoms with Crippen molar-refractivity contribution in [3.8, 4) is 10.6 Å². The summed E-state index contributed by atoms with van der Waals surface area (Å²) in [7, 11) is 0. The van der Waals surface area contributed by atoms with E-state index < -0.39 is 0 Å². The summed E-state index contributed by atoms with van der Waals surface area (Å²) in [5.41, 5.74) is 4.49. The minimum atomic E-state index is -0.299. The third-order valence-corrected chi connectivity index (χ3v) is 5.37. The third kappa shape index (κ3) is 4.05. The average molecular weight is 405 g/mol. The SMILES string of the molecule is Cc1ccc2sc(-c3ccc(NC(=S)NC(=O)c4cccnc4)cc3)nc2c1. The molecule has 4 aromatic rings.